The van der Waals surface area contributed by atoms with Gasteiger partial charge in [0.15, 0.2) is 0 Å². The van der Waals surface area contributed by atoms with Crippen molar-refractivity contribution in [2.24, 2.45) is 0 Å². The molecule has 0 amide bonds. The Morgan fingerprint density at radius 3 is 2.89 bits per heavy atom. The zero-order valence-corrected chi connectivity index (χ0v) is 11.4. The lowest BCUT2D eigenvalue weighted by molar-refractivity contribution is -0.144. The fourth-order valence-corrected chi connectivity index (χ4v) is 2.03. The molecule has 0 fully saturated rings. The SMILES string of the molecule is CCCCOC(=O)Cn1ccc2c(OC)cccc21. The van der Waals surface area contributed by atoms with E-state index in [1.165, 1.54) is 0 Å². The van der Waals surface area contributed by atoms with E-state index in [1.807, 2.05) is 35.0 Å². The number of benzene rings is 1. The molecule has 19 heavy (non-hydrogen) atoms. The minimum absolute atomic E-state index is 0.200. The minimum Gasteiger partial charge on any atom is -0.496 e. The van der Waals surface area contributed by atoms with Gasteiger partial charge in [-0.1, -0.05) is 19.4 Å². The summed E-state index contributed by atoms with van der Waals surface area (Å²) in [7, 11) is 1.64. The Kier molecular flexibility index (Phi) is 4.44. The number of rotatable bonds is 6. The first-order valence-corrected chi connectivity index (χ1v) is 6.53. The van der Waals surface area contributed by atoms with Crippen LogP contribution in [0.25, 0.3) is 10.9 Å². The zero-order chi connectivity index (χ0) is 13.7. The molecular formula is C15H19NO3. The van der Waals surface area contributed by atoms with Crippen molar-refractivity contribution in [3.05, 3.63) is 30.5 Å². The molecule has 4 heteroatoms. The van der Waals surface area contributed by atoms with Crippen molar-refractivity contribution in [3.63, 3.8) is 0 Å². The van der Waals surface area contributed by atoms with Crippen molar-refractivity contribution in [3.8, 4) is 5.75 Å². The smallest absolute Gasteiger partial charge is 0.325 e. The molecule has 0 aliphatic rings. The number of fused-ring (bicyclic) bond motifs is 1. The van der Waals surface area contributed by atoms with E-state index in [0.717, 1.165) is 29.5 Å². The van der Waals surface area contributed by atoms with Crippen molar-refractivity contribution < 1.29 is 14.3 Å². The molecule has 0 unspecified atom stereocenters. The molecule has 0 spiro atoms. The number of methoxy groups -OCH3 is 1. The molecule has 1 aromatic carbocycles. The van der Waals surface area contributed by atoms with Crippen LogP contribution in [-0.2, 0) is 16.1 Å². The number of esters is 1. The summed E-state index contributed by atoms with van der Waals surface area (Å²) in [5, 5.41) is 1.01. The lowest BCUT2D eigenvalue weighted by Crippen LogP contribution is -2.13. The van der Waals surface area contributed by atoms with E-state index in [9.17, 15) is 4.79 Å². The van der Waals surface area contributed by atoms with Crippen molar-refractivity contribution in [1.82, 2.24) is 4.57 Å². The molecule has 2 aromatic rings. The van der Waals surface area contributed by atoms with Gasteiger partial charge in [0.25, 0.3) is 0 Å². The fourth-order valence-electron chi connectivity index (χ4n) is 2.03. The molecule has 2 rings (SSSR count). The number of carbonyl (C=O) groups is 1. The van der Waals surface area contributed by atoms with E-state index in [2.05, 4.69) is 6.92 Å². The van der Waals surface area contributed by atoms with Gasteiger partial charge in [-0.05, 0) is 24.6 Å². The summed E-state index contributed by atoms with van der Waals surface area (Å²) in [5.41, 5.74) is 0.979. The highest BCUT2D eigenvalue weighted by Gasteiger charge is 2.09. The fraction of sp³-hybridized carbons (Fsp3) is 0.400. The highest BCUT2D eigenvalue weighted by molar-refractivity contribution is 5.87. The molecule has 0 bridgehead atoms. The van der Waals surface area contributed by atoms with Crippen LogP contribution < -0.4 is 4.74 Å². The molecule has 102 valence electrons. The minimum atomic E-state index is -0.200. The number of unbranched alkanes of at least 4 members (excludes halogenated alkanes) is 1. The number of ether oxygens (including phenoxy) is 2. The van der Waals surface area contributed by atoms with Gasteiger partial charge >= 0.3 is 5.97 Å². The van der Waals surface area contributed by atoms with Gasteiger partial charge in [0, 0.05) is 11.6 Å². The number of aromatic nitrogens is 1. The van der Waals surface area contributed by atoms with Crippen LogP contribution in [0, 0.1) is 0 Å². The van der Waals surface area contributed by atoms with Crippen LogP contribution in [0.1, 0.15) is 19.8 Å². The first kappa shape index (κ1) is 13.5. The summed E-state index contributed by atoms with van der Waals surface area (Å²) in [6.45, 7) is 2.80. The van der Waals surface area contributed by atoms with Crippen molar-refractivity contribution in [2.45, 2.75) is 26.3 Å². The monoisotopic (exact) mass is 261 g/mol. The van der Waals surface area contributed by atoms with Crippen molar-refractivity contribution >= 4 is 16.9 Å². The predicted octanol–water partition coefficient (Wildman–Crippen LogP) is 2.99. The van der Waals surface area contributed by atoms with E-state index in [0.29, 0.717) is 6.61 Å². The van der Waals surface area contributed by atoms with Gasteiger partial charge in [0.2, 0.25) is 0 Å². The maximum absolute atomic E-state index is 11.7. The van der Waals surface area contributed by atoms with E-state index < -0.39 is 0 Å². The van der Waals surface area contributed by atoms with Crippen LogP contribution in [0.3, 0.4) is 0 Å². The normalized spacial score (nSPS) is 10.6. The van der Waals surface area contributed by atoms with Crippen LogP contribution >= 0.6 is 0 Å². The number of nitrogens with zero attached hydrogens (tertiary/aromatic N) is 1. The Balaban J connectivity index is 2.11. The second kappa shape index (κ2) is 6.27. The third-order valence-corrected chi connectivity index (χ3v) is 3.05. The highest BCUT2D eigenvalue weighted by Crippen LogP contribution is 2.26. The molecule has 0 saturated carbocycles. The van der Waals surface area contributed by atoms with Crippen molar-refractivity contribution in [1.29, 1.82) is 0 Å². The Morgan fingerprint density at radius 1 is 1.32 bits per heavy atom. The summed E-state index contributed by atoms with van der Waals surface area (Å²) in [6.07, 6.45) is 3.82. The first-order valence-electron chi connectivity index (χ1n) is 6.53. The number of hydrogen-bond donors (Lipinski definition) is 0. The third kappa shape index (κ3) is 3.08. The molecule has 0 radical (unpaired) electrons. The molecule has 0 aliphatic carbocycles. The van der Waals surface area contributed by atoms with Gasteiger partial charge in [0.05, 0.1) is 19.2 Å². The quantitative estimate of drug-likeness (QED) is 0.593. The number of hydrogen-bond acceptors (Lipinski definition) is 3. The molecule has 0 aliphatic heterocycles. The first-order chi connectivity index (χ1) is 9.26. The van der Waals surface area contributed by atoms with Crippen LogP contribution in [0.5, 0.6) is 5.75 Å². The number of carbonyl (C=O) groups excluding carboxylic acids is 1. The Hall–Kier alpha value is -1.97. The van der Waals surface area contributed by atoms with Gasteiger partial charge < -0.3 is 14.0 Å². The van der Waals surface area contributed by atoms with Gasteiger partial charge in [-0.2, -0.15) is 0 Å². The highest BCUT2D eigenvalue weighted by atomic mass is 16.5. The van der Waals surface area contributed by atoms with Gasteiger partial charge in [0.1, 0.15) is 12.3 Å². The molecular weight excluding hydrogens is 242 g/mol. The van der Waals surface area contributed by atoms with E-state index in [4.69, 9.17) is 9.47 Å². The lowest BCUT2D eigenvalue weighted by atomic mass is 10.2. The Labute approximate surface area is 112 Å². The molecule has 4 nitrogen and oxygen atoms in total. The molecule has 1 aromatic heterocycles. The van der Waals surface area contributed by atoms with Crippen LogP contribution in [0.2, 0.25) is 0 Å². The molecule has 0 saturated heterocycles. The van der Waals surface area contributed by atoms with Crippen LogP contribution in [0.4, 0.5) is 0 Å². The largest absolute Gasteiger partial charge is 0.496 e. The summed E-state index contributed by atoms with van der Waals surface area (Å²) < 4.78 is 12.3. The topological polar surface area (TPSA) is 40.5 Å². The second-order valence-corrected chi connectivity index (χ2v) is 4.41. The predicted molar refractivity (Wildman–Crippen MR) is 74.4 cm³/mol. The molecule has 0 N–H and O–H groups in total. The Morgan fingerprint density at radius 2 is 2.16 bits per heavy atom. The standard InChI is InChI=1S/C15H19NO3/c1-3-4-10-19-15(17)11-16-9-8-12-13(16)6-5-7-14(12)18-2/h5-9H,3-4,10-11H2,1-2H3. The third-order valence-electron chi connectivity index (χ3n) is 3.05. The average Bonchev–Trinajstić information content (AvgIpc) is 2.82. The summed E-state index contributed by atoms with van der Waals surface area (Å²) in [6, 6.07) is 7.75. The maximum atomic E-state index is 11.7. The average molecular weight is 261 g/mol. The van der Waals surface area contributed by atoms with Crippen LogP contribution in [-0.4, -0.2) is 24.3 Å². The van der Waals surface area contributed by atoms with Crippen LogP contribution in [0.15, 0.2) is 30.5 Å². The van der Waals surface area contributed by atoms with E-state index in [-0.39, 0.29) is 12.5 Å². The summed E-state index contributed by atoms with van der Waals surface area (Å²) in [4.78, 5) is 11.7. The van der Waals surface area contributed by atoms with Gasteiger partial charge in [-0.15, -0.1) is 0 Å². The van der Waals surface area contributed by atoms with E-state index in [1.54, 1.807) is 7.11 Å². The zero-order valence-electron chi connectivity index (χ0n) is 11.4. The van der Waals surface area contributed by atoms with E-state index >= 15 is 0 Å². The van der Waals surface area contributed by atoms with Gasteiger partial charge in [-0.3, -0.25) is 4.79 Å². The summed E-state index contributed by atoms with van der Waals surface area (Å²) in [5.74, 6) is 0.615. The summed E-state index contributed by atoms with van der Waals surface area (Å²) >= 11 is 0. The lowest BCUT2D eigenvalue weighted by Gasteiger charge is -2.07. The molecule has 0 atom stereocenters. The Bertz CT molecular complexity index is 560. The van der Waals surface area contributed by atoms with Gasteiger partial charge in [-0.25, -0.2) is 0 Å². The van der Waals surface area contributed by atoms with Crippen molar-refractivity contribution in [2.75, 3.05) is 13.7 Å². The maximum Gasteiger partial charge on any atom is 0.325 e. The second-order valence-electron chi connectivity index (χ2n) is 4.41. The molecule has 1 heterocycles.